The van der Waals surface area contributed by atoms with E-state index in [4.69, 9.17) is 0 Å². The summed E-state index contributed by atoms with van der Waals surface area (Å²) in [7, 11) is 2.09. The molecule has 2 nitrogen and oxygen atoms in total. The zero-order valence-corrected chi connectivity index (χ0v) is 13.3. The Morgan fingerprint density at radius 1 is 1.05 bits per heavy atom. The molecule has 0 saturated heterocycles. The van der Waals surface area contributed by atoms with Crippen molar-refractivity contribution in [1.29, 1.82) is 0 Å². The molecule has 1 heterocycles. The molecule has 1 atom stereocenters. The third kappa shape index (κ3) is 2.45. The third-order valence-electron chi connectivity index (χ3n) is 4.55. The molecule has 0 unspecified atom stereocenters. The quantitative estimate of drug-likeness (QED) is 0.646. The maximum Gasteiger partial charge on any atom is 0.165 e. The first-order chi connectivity index (χ1) is 10.6. The standard InChI is InChI=1S/C20H21NO/c1-14(20(22)16-9-5-4-6-10-16)13-18-15(2)21(3)19-12-8-7-11-17(18)19/h4-12,14H,13H2,1-3H3/t14-/m1/s1. The van der Waals surface area contributed by atoms with Crippen LogP contribution in [0.2, 0.25) is 0 Å². The van der Waals surface area contributed by atoms with Gasteiger partial charge in [-0.05, 0) is 25.0 Å². The maximum atomic E-state index is 12.6. The number of rotatable bonds is 4. The van der Waals surface area contributed by atoms with Gasteiger partial charge in [-0.1, -0.05) is 55.5 Å². The summed E-state index contributed by atoms with van der Waals surface area (Å²) >= 11 is 0. The number of benzene rings is 2. The highest BCUT2D eigenvalue weighted by molar-refractivity contribution is 5.98. The fraction of sp³-hybridized carbons (Fsp3) is 0.250. The second-order valence-electron chi connectivity index (χ2n) is 5.98. The normalized spacial score (nSPS) is 12.5. The van der Waals surface area contributed by atoms with Crippen LogP contribution >= 0.6 is 0 Å². The Bertz CT molecular complexity index is 814. The number of Topliss-reactive ketones (excluding diaryl/α,β-unsaturated/α-hetero) is 1. The summed E-state index contributed by atoms with van der Waals surface area (Å²) in [5, 5.41) is 1.26. The van der Waals surface area contributed by atoms with Crippen molar-refractivity contribution in [2.75, 3.05) is 0 Å². The van der Waals surface area contributed by atoms with E-state index < -0.39 is 0 Å². The second-order valence-corrected chi connectivity index (χ2v) is 5.98. The van der Waals surface area contributed by atoms with E-state index in [0.717, 1.165) is 12.0 Å². The predicted octanol–water partition coefficient (Wildman–Crippen LogP) is 4.55. The van der Waals surface area contributed by atoms with Gasteiger partial charge in [0, 0.05) is 35.1 Å². The van der Waals surface area contributed by atoms with Crippen molar-refractivity contribution in [3.63, 3.8) is 0 Å². The molecule has 0 bridgehead atoms. The van der Waals surface area contributed by atoms with Gasteiger partial charge in [-0.25, -0.2) is 0 Å². The minimum absolute atomic E-state index is 0.0214. The van der Waals surface area contributed by atoms with Crippen LogP contribution in [0.1, 0.15) is 28.5 Å². The summed E-state index contributed by atoms with van der Waals surface area (Å²) in [6.07, 6.45) is 0.779. The van der Waals surface area contributed by atoms with Crippen molar-refractivity contribution in [3.05, 3.63) is 71.4 Å². The number of nitrogens with zero attached hydrogens (tertiary/aromatic N) is 1. The van der Waals surface area contributed by atoms with Gasteiger partial charge in [0.15, 0.2) is 5.78 Å². The summed E-state index contributed by atoms with van der Waals surface area (Å²) in [6.45, 7) is 4.16. The van der Waals surface area contributed by atoms with E-state index in [1.807, 2.05) is 37.3 Å². The van der Waals surface area contributed by atoms with Crippen molar-refractivity contribution in [1.82, 2.24) is 4.57 Å². The Kier molecular flexibility index (Phi) is 3.84. The molecule has 0 saturated carbocycles. The zero-order valence-electron chi connectivity index (χ0n) is 13.3. The Morgan fingerprint density at radius 3 is 2.41 bits per heavy atom. The van der Waals surface area contributed by atoms with Crippen LogP contribution in [0, 0.1) is 12.8 Å². The summed E-state index contributed by atoms with van der Waals surface area (Å²) < 4.78 is 2.21. The van der Waals surface area contributed by atoms with Crippen molar-refractivity contribution >= 4 is 16.7 Å². The minimum Gasteiger partial charge on any atom is -0.348 e. The summed E-state index contributed by atoms with van der Waals surface area (Å²) in [5.41, 5.74) is 4.56. The van der Waals surface area contributed by atoms with Crippen molar-refractivity contribution in [2.45, 2.75) is 20.3 Å². The summed E-state index contributed by atoms with van der Waals surface area (Å²) in [6, 6.07) is 18.0. The number of hydrogen-bond acceptors (Lipinski definition) is 1. The fourth-order valence-electron chi connectivity index (χ4n) is 3.14. The predicted molar refractivity (Wildman–Crippen MR) is 91.3 cm³/mol. The highest BCUT2D eigenvalue weighted by Crippen LogP contribution is 2.27. The van der Waals surface area contributed by atoms with Gasteiger partial charge in [0.25, 0.3) is 0 Å². The van der Waals surface area contributed by atoms with E-state index in [-0.39, 0.29) is 11.7 Å². The molecule has 3 aromatic rings. The lowest BCUT2D eigenvalue weighted by atomic mass is 9.92. The number of ketones is 1. The Morgan fingerprint density at radius 2 is 1.68 bits per heavy atom. The smallest absolute Gasteiger partial charge is 0.165 e. The number of aryl methyl sites for hydroxylation is 1. The second kappa shape index (κ2) is 5.80. The lowest BCUT2D eigenvalue weighted by molar-refractivity contribution is 0.0929. The molecule has 0 spiro atoms. The first-order valence-electron chi connectivity index (χ1n) is 7.71. The molecule has 0 fully saturated rings. The third-order valence-corrected chi connectivity index (χ3v) is 4.55. The van der Waals surface area contributed by atoms with Crippen LogP contribution < -0.4 is 0 Å². The highest BCUT2D eigenvalue weighted by Gasteiger charge is 2.19. The molecular weight excluding hydrogens is 270 g/mol. The number of aromatic nitrogens is 1. The molecule has 0 N–H and O–H groups in total. The average molecular weight is 291 g/mol. The number of carbonyl (C=O) groups is 1. The lowest BCUT2D eigenvalue weighted by Gasteiger charge is -2.11. The average Bonchev–Trinajstić information content (AvgIpc) is 2.80. The van der Waals surface area contributed by atoms with E-state index in [0.29, 0.717) is 0 Å². The topological polar surface area (TPSA) is 22.0 Å². The summed E-state index contributed by atoms with van der Waals surface area (Å²) in [4.78, 5) is 12.6. The number of para-hydroxylation sites is 1. The zero-order chi connectivity index (χ0) is 15.7. The van der Waals surface area contributed by atoms with Crippen LogP contribution in [0.25, 0.3) is 10.9 Å². The van der Waals surface area contributed by atoms with Crippen molar-refractivity contribution in [3.8, 4) is 0 Å². The molecule has 3 rings (SSSR count). The molecule has 0 aliphatic rings. The van der Waals surface area contributed by atoms with Gasteiger partial charge >= 0.3 is 0 Å². The monoisotopic (exact) mass is 291 g/mol. The number of fused-ring (bicyclic) bond motifs is 1. The SMILES string of the molecule is Cc1c(C[C@@H](C)C(=O)c2ccccc2)c2ccccc2n1C. The van der Waals surface area contributed by atoms with Crippen LogP contribution in [0.4, 0.5) is 0 Å². The van der Waals surface area contributed by atoms with Gasteiger partial charge in [0.05, 0.1) is 0 Å². The molecule has 1 aromatic heterocycles. The molecular formula is C20H21NO. The summed E-state index contributed by atoms with van der Waals surface area (Å²) in [5.74, 6) is 0.194. The van der Waals surface area contributed by atoms with Gasteiger partial charge in [-0.2, -0.15) is 0 Å². The van der Waals surface area contributed by atoms with Crippen LogP contribution in [0.15, 0.2) is 54.6 Å². The first kappa shape index (κ1) is 14.6. The van der Waals surface area contributed by atoms with Crippen LogP contribution in [-0.4, -0.2) is 10.4 Å². The van der Waals surface area contributed by atoms with Gasteiger partial charge in [0.2, 0.25) is 0 Å². The van der Waals surface area contributed by atoms with Crippen LogP contribution in [0.3, 0.4) is 0 Å². The molecule has 2 aromatic carbocycles. The van der Waals surface area contributed by atoms with Gasteiger partial charge in [0.1, 0.15) is 0 Å². The lowest BCUT2D eigenvalue weighted by Crippen LogP contribution is -2.14. The van der Waals surface area contributed by atoms with E-state index in [1.54, 1.807) is 0 Å². The van der Waals surface area contributed by atoms with Gasteiger partial charge in [-0.3, -0.25) is 4.79 Å². The number of carbonyl (C=O) groups excluding carboxylic acids is 1. The van der Waals surface area contributed by atoms with Crippen LogP contribution in [-0.2, 0) is 13.5 Å². The van der Waals surface area contributed by atoms with E-state index >= 15 is 0 Å². The minimum atomic E-state index is -0.0214. The van der Waals surface area contributed by atoms with Crippen LogP contribution in [0.5, 0.6) is 0 Å². The van der Waals surface area contributed by atoms with E-state index in [9.17, 15) is 4.79 Å². The first-order valence-corrected chi connectivity index (χ1v) is 7.71. The largest absolute Gasteiger partial charge is 0.348 e. The van der Waals surface area contributed by atoms with E-state index in [1.165, 1.54) is 22.2 Å². The highest BCUT2D eigenvalue weighted by atomic mass is 16.1. The van der Waals surface area contributed by atoms with Gasteiger partial charge < -0.3 is 4.57 Å². The molecule has 0 aliphatic carbocycles. The fourth-order valence-corrected chi connectivity index (χ4v) is 3.14. The Balaban J connectivity index is 1.93. The molecule has 0 aliphatic heterocycles. The van der Waals surface area contributed by atoms with Gasteiger partial charge in [-0.15, -0.1) is 0 Å². The van der Waals surface area contributed by atoms with Crippen molar-refractivity contribution in [2.24, 2.45) is 13.0 Å². The molecule has 22 heavy (non-hydrogen) atoms. The molecule has 0 radical (unpaired) electrons. The molecule has 0 amide bonds. The molecule has 112 valence electrons. The Hall–Kier alpha value is -2.35. The molecule has 2 heteroatoms. The van der Waals surface area contributed by atoms with E-state index in [2.05, 4.69) is 42.8 Å². The maximum absolute atomic E-state index is 12.6. The van der Waals surface area contributed by atoms with Crippen molar-refractivity contribution < 1.29 is 4.79 Å². The number of hydrogen-bond donors (Lipinski definition) is 0. The Labute approximate surface area is 131 Å².